The van der Waals surface area contributed by atoms with Crippen LogP contribution in [-0.2, 0) is 9.47 Å². The first-order chi connectivity index (χ1) is 14.7. The molecule has 0 atom stereocenters. The average Bonchev–Trinajstić information content (AvgIpc) is 3.39. The number of piperazine rings is 1. The lowest BCUT2D eigenvalue weighted by molar-refractivity contribution is 0.0106. The molecule has 3 rings (SSSR count). The average molecular weight is 463 g/mol. The molecular weight excluding hydrogens is 432 g/mol. The lowest BCUT2D eigenvalue weighted by atomic mass is 10.1. The molecule has 174 valence electrons. The minimum Gasteiger partial charge on any atom is -0.444 e. The first-order valence-electron chi connectivity index (χ1n) is 10.7. The number of nitrogens with zero attached hydrogens (tertiary/aromatic N) is 3. The highest BCUT2D eigenvalue weighted by molar-refractivity contribution is 6.36. The molecule has 1 aliphatic carbocycles. The molecule has 2 fully saturated rings. The van der Waals surface area contributed by atoms with Gasteiger partial charge in [-0.3, -0.25) is 10.2 Å². The third-order valence-corrected chi connectivity index (χ3v) is 5.65. The van der Waals surface area contributed by atoms with Crippen LogP contribution in [0.3, 0.4) is 0 Å². The Hall–Kier alpha value is -2.66. The second-order valence-electron chi connectivity index (χ2n) is 10.4. The first-order valence-corrected chi connectivity index (χ1v) is 11.1. The quantitative estimate of drug-likeness (QED) is 0.653. The predicted octanol–water partition coefficient (Wildman–Crippen LogP) is 5.15. The summed E-state index contributed by atoms with van der Waals surface area (Å²) in [5.74, 6) is 0. The van der Waals surface area contributed by atoms with Gasteiger partial charge in [-0.2, -0.15) is 5.26 Å². The van der Waals surface area contributed by atoms with E-state index in [0.29, 0.717) is 41.6 Å². The molecule has 0 aromatic heterocycles. The fourth-order valence-electron chi connectivity index (χ4n) is 3.77. The Kier molecular flexibility index (Phi) is 6.27. The van der Waals surface area contributed by atoms with E-state index in [1.165, 1.54) is 6.07 Å². The molecule has 1 saturated carbocycles. The highest BCUT2D eigenvalue weighted by Gasteiger charge is 2.54. The maximum atomic E-state index is 12.7. The Morgan fingerprint density at radius 3 is 2.25 bits per heavy atom. The zero-order chi connectivity index (χ0) is 23.9. The molecule has 0 bridgehead atoms. The zero-order valence-corrected chi connectivity index (χ0v) is 20.3. The van der Waals surface area contributed by atoms with Crippen LogP contribution in [0.25, 0.3) is 0 Å². The van der Waals surface area contributed by atoms with E-state index in [1.807, 2.05) is 25.7 Å². The number of carbonyl (C=O) groups excluding carboxylic acids is 2. The lowest BCUT2D eigenvalue weighted by Gasteiger charge is -2.43. The molecule has 1 N–H and O–H groups in total. The van der Waals surface area contributed by atoms with Crippen molar-refractivity contribution in [3.05, 3.63) is 22.7 Å². The van der Waals surface area contributed by atoms with E-state index in [1.54, 1.807) is 26.8 Å². The number of nitriles is 1. The molecule has 8 nitrogen and oxygen atoms in total. The van der Waals surface area contributed by atoms with Crippen LogP contribution < -0.4 is 10.2 Å². The van der Waals surface area contributed by atoms with Crippen molar-refractivity contribution >= 4 is 35.2 Å². The van der Waals surface area contributed by atoms with Gasteiger partial charge in [0, 0.05) is 19.6 Å². The number of nitrogens with one attached hydrogen (secondary N) is 1. The molecule has 0 unspecified atom stereocenters. The van der Waals surface area contributed by atoms with E-state index in [2.05, 4.69) is 16.3 Å². The highest BCUT2D eigenvalue weighted by atomic mass is 35.5. The summed E-state index contributed by atoms with van der Waals surface area (Å²) in [6, 6.07) is 5.36. The van der Waals surface area contributed by atoms with Gasteiger partial charge in [0.15, 0.2) is 0 Å². The van der Waals surface area contributed by atoms with Crippen molar-refractivity contribution in [3.8, 4) is 6.07 Å². The van der Waals surface area contributed by atoms with Gasteiger partial charge in [-0.25, -0.2) is 9.59 Å². The zero-order valence-electron chi connectivity index (χ0n) is 19.5. The summed E-state index contributed by atoms with van der Waals surface area (Å²) in [5.41, 5.74) is -0.193. The SMILES string of the molecule is CC(C)(C)OC(=O)Nc1cc(C#N)cc(N2CCN(C(=O)OC(C)(C)C)C3(CC3)C2)c1Cl. The Morgan fingerprint density at radius 2 is 1.72 bits per heavy atom. The van der Waals surface area contributed by atoms with Crippen molar-refractivity contribution in [3.63, 3.8) is 0 Å². The normalized spacial score (nSPS) is 17.6. The van der Waals surface area contributed by atoms with Crippen molar-refractivity contribution in [2.75, 3.05) is 29.9 Å². The second kappa shape index (κ2) is 8.36. The number of hydrogen-bond acceptors (Lipinski definition) is 6. The van der Waals surface area contributed by atoms with Crippen molar-refractivity contribution < 1.29 is 19.1 Å². The van der Waals surface area contributed by atoms with Crippen LogP contribution in [0.1, 0.15) is 59.9 Å². The van der Waals surface area contributed by atoms with Gasteiger partial charge in [-0.15, -0.1) is 0 Å². The molecular formula is C23H31ClN4O4. The number of carbonyl (C=O) groups is 2. The molecule has 1 heterocycles. The van der Waals surface area contributed by atoms with Gasteiger partial charge in [-0.05, 0) is 66.5 Å². The van der Waals surface area contributed by atoms with E-state index in [-0.39, 0.29) is 11.6 Å². The fraction of sp³-hybridized carbons (Fsp3) is 0.609. The molecule has 9 heteroatoms. The number of benzene rings is 1. The lowest BCUT2D eigenvalue weighted by Crippen LogP contribution is -2.58. The Labute approximate surface area is 194 Å². The van der Waals surface area contributed by atoms with Gasteiger partial charge in [0.2, 0.25) is 0 Å². The smallest absolute Gasteiger partial charge is 0.412 e. The largest absolute Gasteiger partial charge is 0.444 e. The number of amides is 2. The minimum atomic E-state index is -0.664. The number of rotatable bonds is 2. The molecule has 0 radical (unpaired) electrons. The molecule has 2 amide bonds. The Morgan fingerprint density at radius 1 is 1.09 bits per heavy atom. The Bertz CT molecular complexity index is 954. The number of ether oxygens (including phenoxy) is 2. The van der Waals surface area contributed by atoms with Crippen LogP contribution in [0.5, 0.6) is 0 Å². The van der Waals surface area contributed by atoms with E-state index in [9.17, 15) is 14.9 Å². The van der Waals surface area contributed by atoms with Crippen LogP contribution in [0, 0.1) is 11.3 Å². The summed E-state index contributed by atoms with van der Waals surface area (Å²) in [7, 11) is 0. The molecule has 32 heavy (non-hydrogen) atoms. The van der Waals surface area contributed by atoms with Crippen molar-refractivity contribution in [1.29, 1.82) is 5.26 Å². The summed E-state index contributed by atoms with van der Waals surface area (Å²) in [6.07, 6.45) is 0.801. The highest BCUT2D eigenvalue weighted by Crippen LogP contribution is 2.47. The van der Waals surface area contributed by atoms with Gasteiger partial charge in [-0.1, -0.05) is 11.6 Å². The van der Waals surface area contributed by atoms with Gasteiger partial charge < -0.3 is 14.4 Å². The van der Waals surface area contributed by atoms with Gasteiger partial charge >= 0.3 is 12.2 Å². The summed E-state index contributed by atoms with van der Waals surface area (Å²) in [4.78, 5) is 28.9. The monoisotopic (exact) mass is 462 g/mol. The molecule has 1 saturated heterocycles. The van der Waals surface area contributed by atoms with E-state index < -0.39 is 17.3 Å². The number of halogens is 1. The van der Waals surface area contributed by atoms with Gasteiger partial charge in [0.1, 0.15) is 11.2 Å². The molecule has 1 aromatic rings. The van der Waals surface area contributed by atoms with Gasteiger partial charge in [0.05, 0.1) is 33.6 Å². The molecule has 1 aromatic carbocycles. The number of anilines is 2. The molecule has 1 spiro atoms. The fourth-order valence-corrected chi connectivity index (χ4v) is 4.04. The van der Waals surface area contributed by atoms with Crippen LogP contribution in [0.2, 0.25) is 5.02 Å². The Balaban J connectivity index is 1.82. The number of hydrogen-bond donors (Lipinski definition) is 1. The maximum Gasteiger partial charge on any atom is 0.412 e. The van der Waals surface area contributed by atoms with E-state index >= 15 is 0 Å². The minimum absolute atomic E-state index is 0.300. The van der Waals surface area contributed by atoms with Crippen LogP contribution in [0.15, 0.2) is 12.1 Å². The standard InChI is InChI=1S/C23H31ClN4O4/c1-21(2,3)31-19(29)26-16-11-15(13-25)12-17(18(16)24)27-9-10-28(23(14-27)7-8-23)20(30)32-22(4,5)6/h11-12H,7-10,14H2,1-6H3,(H,26,29). The topological polar surface area (TPSA) is 94.9 Å². The molecule has 1 aliphatic heterocycles. The van der Waals surface area contributed by atoms with Gasteiger partial charge in [0.25, 0.3) is 0 Å². The third-order valence-electron chi connectivity index (χ3n) is 5.25. The van der Waals surface area contributed by atoms with Crippen molar-refractivity contribution in [1.82, 2.24) is 4.90 Å². The first kappa shape index (κ1) is 24.0. The van der Waals surface area contributed by atoms with Crippen LogP contribution in [0.4, 0.5) is 21.0 Å². The second-order valence-corrected chi connectivity index (χ2v) is 10.8. The summed E-state index contributed by atoms with van der Waals surface area (Å²) < 4.78 is 10.9. The van der Waals surface area contributed by atoms with Crippen molar-refractivity contribution in [2.45, 2.75) is 71.1 Å². The van der Waals surface area contributed by atoms with Crippen LogP contribution >= 0.6 is 11.6 Å². The van der Waals surface area contributed by atoms with E-state index in [0.717, 1.165) is 12.8 Å². The molecule has 2 aliphatic rings. The summed E-state index contributed by atoms with van der Waals surface area (Å²) in [6.45, 7) is 12.5. The maximum absolute atomic E-state index is 12.7. The van der Waals surface area contributed by atoms with Crippen molar-refractivity contribution in [2.24, 2.45) is 0 Å². The third kappa shape index (κ3) is 5.57. The van der Waals surface area contributed by atoms with Crippen LogP contribution in [-0.4, -0.2) is 53.5 Å². The summed E-state index contributed by atoms with van der Waals surface area (Å²) >= 11 is 6.66. The summed E-state index contributed by atoms with van der Waals surface area (Å²) in [5, 5.41) is 12.5. The predicted molar refractivity (Wildman–Crippen MR) is 123 cm³/mol. The van der Waals surface area contributed by atoms with E-state index in [4.69, 9.17) is 21.1 Å².